The summed E-state index contributed by atoms with van der Waals surface area (Å²) in [6.07, 6.45) is 1.99. The first-order chi connectivity index (χ1) is 14.0. The van der Waals surface area contributed by atoms with Gasteiger partial charge in [0.1, 0.15) is 0 Å². The van der Waals surface area contributed by atoms with Crippen LogP contribution in [0.1, 0.15) is 15.9 Å². The number of aromatic nitrogens is 1. The van der Waals surface area contributed by atoms with Gasteiger partial charge in [-0.2, -0.15) is 0 Å². The summed E-state index contributed by atoms with van der Waals surface area (Å²) in [5, 5.41) is 1.98. The van der Waals surface area contributed by atoms with Crippen molar-refractivity contribution in [1.29, 1.82) is 0 Å². The zero-order valence-corrected chi connectivity index (χ0v) is 17.2. The van der Waals surface area contributed by atoms with Crippen LogP contribution in [0.3, 0.4) is 0 Å². The number of benzene rings is 2. The number of nitrogens with zero attached hydrogens (tertiary/aromatic N) is 3. The van der Waals surface area contributed by atoms with Crippen molar-refractivity contribution in [3.8, 4) is 0 Å². The van der Waals surface area contributed by atoms with E-state index in [1.54, 1.807) is 46.3 Å². The van der Waals surface area contributed by atoms with Crippen LogP contribution in [0.25, 0.3) is 10.9 Å². The van der Waals surface area contributed by atoms with Crippen LogP contribution in [0.5, 0.6) is 0 Å². The number of carbonyl (C=O) groups excluding carboxylic acids is 2. The van der Waals surface area contributed by atoms with Gasteiger partial charge in [0.15, 0.2) is 0 Å². The van der Waals surface area contributed by atoms with Crippen molar-refractivity contribution in [3.63, 3.8) is 0 Å². The lowest BCUT2D eigenvalue weighted by atomic mass is 10.1. The summed E-state index contributed by atoms with van der Waals surface area (Å²) < 4.78 is 0. The monoisotopic (exact) mass is 427 g/mol. The number of fused-ring (bicyclic) bond motifs is 1. The fourth-order valence-corrected chi connectivity index (χ4v) is 3.87. The number of carbonyl (C=O) groups is 2. The average Bonchev–Trinajstić information content (AvgIpc) is 2.75. The molecule has 29 heavy (non-hydrogen) atoms. The zero-order chi connectivity index (χ0) is 20.4. The van der Waals surface area contributed by atoms with Crippen molar-refractivity contribution >= 4 is 45.9 Å². The molecule has 0 bridgehead atoms. The van der Waals surface area contributed by atoms with Crippen LogP contribution in [0.15, 0.2) is 54.7 Å². The third kappa shape index (κ3) is 4.21. The van der Waals surface area contributed by atoms with Gasteiger partial charge in [0.05, 0.1) is 22.5 Å². The molecule has 1 aliphatic heterocycles. The van der Waals surface area contributed by atoms with Crippen LogP contribution in [-0.2, 0) is 11.2 Å². The molecule has 148 valence electrons. The second kappa shape index (κ2) is 8.39. The maximum Gasteiger partial charge on any atom is 0.256 e. The van der Waals surface area contributed by atoms with Crippen LogP contribution in [-0.4, -0.2) is 52.8 Å². The maximum atomic E-state index is 13.1. The fraction of sp³-hybridized carbons (Fsp3) is 0.227. The van der Waals surface area contributed by atoms with Gasteiger partial charge < -0.3 is 9.80 Å². The van der Waals surface area contributed by atoms with E-state index in [-0.39, 0.29) is 11.8 Å². The first kappa shape index (κ1) is 19.7. The highest BCUT2D eigenvalue weighted by atomic mass is 35.5. The minimum Gasteiger partial charge on any atom is -0.339 e. The van der Waals surface area contributed by atoms with Gasteiger partial charge in [-0.25, -0.2) is 0 Å². The molecule has 2 amide bonds. The molecular weight excluding hydrogens is 409 g/mol. The number of hydrogen-bond acceptors (Lipinski definition) is 3. The molecule has 4 rings (SSSR count). The first-order valence-electron chi connectivity index (χ1n) is 9.37. The molecular formula is C22H19Cl2N3O2. The Kier molecular flexibility index (Phi) is 5.69. The molecule has 0 radical (unpaired) electrons. The maximum absolute atomic E-state index is 13.1. The number of halogens is 2. The van der Waals surface area contributed by atoms with E-state index < -0.39 is 0 Å². The van der Waals surface area contributed by atoms with E-state index in [2.05, 4.69) is 4.98 Å². The van der Waals surface area contributed by atoms with Gasteiger partial charge in [-0.05, 0) is 42.0 Å². The predicted molar refractivity (Wildman–Crippen MR) is 114 cm³/mol. The van der Waals surface area contributed by atoms with Gasteiger partial charge in [0.2, 0.25) is 5.91 Å². The molecule has 0 unspecified atom stereocenters. The number of hydrogen-bond donors (Lipinski definition) is 0. The van der Waals surface area contributed by atoms with Gasteiger partial charge in [-0.3, -0.25) is 14.6 Å². The van der Waals surface area contributed by atoms with Crippen molar-refractivity contribution in [1.82, 2.24) is 14.8 Å². The molecule has 2 aromatic carbocycles. The van der Waals surface area contributed by atoms with E-state index in [0.29, 0.717) is 53.7 Å². The second-order valence-corrected chi connectivity index (χ2v) is 7.81. The standard InChI is InChI=1S/C22H19Cl2N3O2/c23-16-5-3-15(4-6-16)14-20(28)26-10-12-27(13-11-26)22(29)18-7-8-19(24)17-2-1-9-25-21(17)18/h1-9H,10-14H2. The summed E-state index contributed by atoms with van der Waals surface area (Å²) in [5.41, 5.74) is 2.06. The third-order valence-electron chi connectivity index (χ3n) is 5.14. The van der Waals surface area contributed by atoms with Crippen molar-refractivity contribution in [3.05, 3.63) is 75.9 Å². The Bertz CT molecular complexity index is 1060. The SMILES string of the molecule is O=C(Cc1ccc(Cl)cc1)N1CCN(C(=O)c2ccc(Cl)c3cccnc23)CC1. The van der Waals surface area contributed by atoms with E-state index in [1.165, 1.54) is 0 Å². The molecule has 2 heterocycles. The average molecular weight is 428 g/mol. The minimum absolute atomic E-state index is 0.0537. The molecule has 0 spiro atoms. The minimum atomic E-state index is -0.0878. The Labute approximate surface area is 178 Å². The molecule has 0 aliphatic carbocycles. The summed E-state index contributed by atoms with van der Waals surface area (Å²) in [6, 6.07) is 14.4. The summed E-state index contributed by atoms with van der Waals surface area (Å²) >= 11 is 12.1. The molecule has 1 aromatic heterocycles. The fourth-order valence-electron chi connectivity index (χ4n) is 3.53. The summed E-state index contributed by atoms with van der Waals surface area (Å²) in [6.45, 7) is 2.00. The second-order valence-electron chi connectivity index (χ2n) is 6.97. The lowest BCUT2D eigenvalue weighted by Gasteiger charge is -2.35. The number of pyridine rings is 1. The van der Waals surface area contributed by atoms with Crippen molar-refractivity contribution < 1.29 is 9.59 Å². The van der Waals surface area contributed by atoms with Crippen LogP contribution in [0, 0.1) is 0 Å². The Hall–Kier alpha value is -2.63. The van der Waals surface area contributed by atoms with Gasteiger partial charge in [0.25, 0.3) is 5.91 Å². The molecule has 0 atom stereocenters. The molecule has 0 saturated carbocycles. The van der Waals surface area contributed by atoms with E-state index in [0.717, 1.165) is 10.9 Å². The van der Waals surface area contributed by atoms with E-state index in [4.69, 9.17) is 23.2 Å². The third-order valence-corrected chi connectivity index (χ3v) is 5.72. The van der Waals surface area contributed by atoms with Crippen molar-refractivity contribution in [2.45, 2.75) is 6.42 Å². The van der Waals surface area contributed by atoms with Gasteiger partial charge in [-0.1, -0.05) is 35.3 Å². The van der Waals surface area contributed by atoms with Crippen LogP contribution < -0.4 is 0 Å². The zero-order valence-electron chi connectivity index (χ0n) is 15.6. The van der Waals surface area contributed by atoms with Crippen LogP contribution in [0.4, 0.5) is 0 Å². The highest BCUT2D eigenvalue weighted by Gasteiger charge is 2.26. The largest absolute Gasteiger partial charge is 0.339 e. The lowest BCUT2D eigenvalue weighted by Crippen LogP contribution is -2.51. The normalized spacial score (nSPS) is 14.3. The van der Waals surface area contributed by atoms with Crippen LogP contribution >= 0.6 is 23.2 Å². The first-order valence-corrected chi connectivity index (χ1v) is 10.1. The van der Waals surface area contributed by atoms with Crippen molar-refractivity contribution in [2.24, 2.45) is 0 Å². The number of amides is 2. The summed E-state index contributed by atoms with van der Waals surface area (Å²) in [4.78, 5) is 33.5. The smallest absolute Gasteiger partial charge is 0.256 e. The predicted octanol–water partition coefficient (Wildman–Crippen LogP) is 4.07. The molecule has 1 fully saturated rings. The number of piperazine rings is 1. The Balaban J connectivity index is 1.42. The van der Waals surface area contributed by atoms with E-state index in [9.17, 15) is 9.59 Å². The lowest BCUT2D eigenvalue weighted by molar-refractivity contribution is -0.131. The van der Waals surface area contributed by atoms with Crippen molar-refractivity contribution in [2.75, 3.05) is 26.2 Å². The van der Waals surface area contributed by atoms with Gasteiger partial charge in [-0.15, -0.1) is 0 Å². The highest BCUT2D eigenvalue weighted by Crippen LogP contribution is 2.26. The molecule has 3 aromatic rings. The molecule has 5 nitrogen and oxygen atoms in total. The Morgan fingerprint density at radius 3 is 2.31 bits per heavy atom. The molecule has 1 aliphatic rings. The summed E-state index contributed by atoms with van der Waals surface area (Å²) in [7, 11) is 0. The van der Waals surface area contributed by atoms with Gasteiger partial charge in [0, 0.05) is 42.8 Å². The van der Waals surface area contributed by atoms with E-state index >= 15 is 0 Å². The van der Waals surface area contributed by atoms with E-state index in [1.807, 2.05) is 18.2 Å². The Morgan fingerprint density at radius 1 is 0.897 bits per heavy atom. The quantitative estimate of drug-likeness (QED) is 0.632. The van der Waals surface area contributed by atoms with Gasteiger partial charge >= 0.3 is 0 Å². The molecule has 0 N–H and O–H groups in total. The Morgan fingerprint density at radius 2 is 1.59 bits per heavy atom. The molecule has 7 heteroatoms. The summed E-state index contributed by atoms with van der Waals surface area (Å²) in [5.74, 6) is -0.0341. The topological polar surface area (TPSA) is 53.5 Å². The molecule has 1 saturated heterocycles. The van der Waals surface area contributed by atoms with Crippen LogP contribution in [0.2, 0.25) is 10.0 Å². The number of rotatable bonds is 3. The highest BCUT2D eigenvalue weighted by molar-refractivity contribution is 6.36.